The van der Waals surface area contributed by atoms with Crippen LogP contribution >= 0.6 is 0 Å². The fourth-order valence-corrected chi connectivity index (χ4v) is 3.51. The maximum Gasteiger partial charge on any atom is 0.357 e. The quantitative estimate of drug-likeness (QED) is 0.556. The smallest absolute Gasteiger partial charge is 0.357 e. The monoisotopic (exact) mass is 309 g/mol. The van der Waals surface area contributed by atoms with Gasteiger partial charge < -0.3 is 9.72 Å². The number of carbonyl (C=O) groups excluding carboxylic acids is 1. The third kappa shape index (κ3) is 4.11. The Morgan fingerprint density at radius 3 is 2.64 bits per heavy atom. The molecule has 1 aromatic rings. The molecule has 1 N–H and O–H groups in total. The number of hydrogen-bond donors (Lipinski definition) is 1. The highest BCUT2D eigenvalue weighted by Crippen LogP contribution is 2.39. The molecule has 0 bridgehead atoms. The number of ether oxygens (including phenoxy) is 1. The molecule has 1 heterocycles. The van der Waals surface area contributed by atoms with E-state index in [1.165, 1.54) is 38.5 Å². The van der Waals surface area contributed by atoms with Crippen LogP contribution in [0.4, 0.5) is 4.39 Å². The van der Waals surface area contributed by atoms with Crippen LogP contribution in [0, 0.1) is 11.7 Å². The number of H-pyrrole nitrogens is 1. The molecule has 0 amide bonds. The van der Waals surface area contributed by atoms with Crippen LogP contribution in [0.2, 0.25) is 0 Å². The van der Waals surface area contributed by atoms with E-state index in [1.807, 2.05) is 0 Å². The van der Waals surface area contributed by atoms with Crippen LogP contribution in [0.3, 0.4) is 0 Å². The van der Waals surface area contributed by atoms with E-state index < -0.39 is 11.8 Å². The topological polar surface area (TPSA) is 42.1 Å². The molecule has 1 aliphatic carbocycles. The van der Waals surface area contributed by atoms with E-state index in [-0.39, 0.29) is 18.2 Å². The highest BCUT2D eigenvalue weighted by Gasteiger charge is 2.27. The van der Waals surface area contributed by atoms with Crippen molar-refractivity contribution in [3.8, 4) is 0 Å². The predicted molar refractivity (Wildman–Crippen MR) is 85.5 cm³/mol. The van der Waals surface area contributed by atoms with Gasteiger partial charge in [0, 0.05) is 11.8 Å². The van der Waals surface area contributed by atoms with Crippen molar-refractivity contribution in [2.75, 3.05) is 6.61 Å². The minimum absolute atomic E-state index is 0.0260. The molecule has 0 aliphatic heterocycles. The van der Waals surface area contributed by atoms with Crippen molar-refractivity contribution in [1.29, 1.82) is 0 Å². The molecule has 2 rings (SSSR count). The van der Waals surface area contributed by atoms with E-state index >= 15 is 0 Å². The normalized spacial score (nSPS) is 21.8. The predicted octanol–water partition coefficient (Wildman–Crippen LogP) is 5.18. The van der Waals surface area contributed by atoms with E-state index in [2.05, 4.69) is 11.9 Å². The summed E-state index contributed by atoms with van der Waals surface area (Å²) in [6.45, 7) is 4.21. The minimum atomic E-state index is -0.598. The van der Waals surface area contributed by atoms with Gasteiger partial charge >= 0.3 is 5.97 Å². The van der Waals surface area contributed by atoms with Gasteiger partial charge in [-0.15, -0.1) is 0 Å². The van der Waals surface area contributed by atoms with Gasteiger partial charge in [-0.25, -0.2) is 9.18 Å². The van der Waals surface area contributed by atoms with Crippen molar-refractivity contribution < 1.29 is 13.9 Å². The first-order chi connectivity index (χ1) is 10.7. The van der Waals surface area contributed by atoms with Gasteiger partial charge in [-0.05, 0) is 44.4 Å². The van der Waals surface area contributed by atoms with Crippen molar-refractivity contribution in [1.82, 2.24) is 4.98 Å². The number of aromatic amines is 1. The molecule has 0 unspecified atom stereocenters. The molecule has 124 valence electrons. The Hall–Kier alpha value is -1.32. The van der Waals surface area contributed by atoms with Crippen molar-refractivity contribution >= 4 is 5.97 Å². The Balaban J connectivity index is 1.90. The van der Waals surface area contributed by atoms with Crippen LogP contribution in [0.5, 0.6) is 0 Å². The zero-order chi connectivity index (χ0) is 15.9. The summed E-state index contributed by atoms with van der Waals surface area (Å²) >= 11 is 0. The number of nitrogens with one attached hydrogen (secondary N) is 1. The lowest BCUT2D eigenvalue weighted by Gasteiger charge is -2.28. The maximum atomic E-state index is 14.4. The molecule has 0 saturated heterocycles. The van der Waals surface area contributed by atoms with Gasteiger partial charge in [0.1, 0.15) is 0 Å². The van der Waals surface area contributed by atoms with Crippen molar-refractivity contribution in [3.05, 3.63) is 23.3 Å². The SMILES string of the molecule is CCCCC[C@H]1CC[C@H](c2c[nH]c(C(=O)OCC)c2F)CC1. The van der Waals surface area contributed by atoms with Gasteiger partial charge in [0.25, 0.3) is 0 Å². The molecule has 4 heteroatoms. The Kier molecular flexibility index (Phi) is 6.47. The summed E-state index contributed by atoms with van der Waals surface area (Å²) in [5.41, 5.74) is 0.636. The summed E-state index contributed by atoms with van der Waals surface area (Å²) < 4.78 is 19.3. The molecule has 1 fully saturated rings. The second kappa shape index (κ2) is 8.35. The number of esters is 1. The fraction of sp³-hybridized carbons (Fsp3) is 0.722. The molecule has 22 heavy (non-hydrogen) atoms. The van der Waals surface area contributed by atoms with E-state index in [0.29, 0.717) is 5.56 Å². The summed E-state index contributed by atoms with van der Waals surface area (Å²) in [6, 6.07) is 0. The van der Waals surface area contributed by atoms with Crippen LogP contribution < -0.4 is 0 Å². The third-order valence-electron chi connectivity index (χ3n) is 4.83. The van der Waals surface area contributed by atoms with Crippen molar-refractivity contribution in [3.63, 3.8) is 0 Å². The van der Waals surface area contributed by atoms with E-state index in [0.717, 1.165) is 18.8 Å². The summed E-state index contributed by atoms with van der Waals surface area (Å²) in [7, 11) is 0. The highest BCUT2D eigenvalue weighted by molar-refractivity contribution is 5.88. The largest absolute Gasteiger partial charge is 0.461 e. The van der Waals surface area contributed by atoms with Crippen LogP contribution in [-0.4, -0.2) is 17.6 Å². The number of carbonyl (C=O) groups is 1. The molecule has 0 aromatic carbocycles. The molecule has 1 saturated carbocycles. The van der Waals surface area contributed by atoms with Crippen LogP contribution in [-0.2, 0) is 4.74 Å². The van der Waals surface area contributed by atoms with Crippen molar-refractivity contribution in [2.45, 2.75) is 71.1 Å². The maximum absolute atomic E-state index is 14.4. The molecular formula is C18H28FNO2. The van der Waals surface area contributed by atoms with E-state index in [4.69, 9.17) is 4.74 Å². The average Bonchev–Trinajstić information content (AvgIpc) is 2.90. The molecule has 1 aliphatic rings. The summed E-state index contributed by atoms with van der Waals surface area (Å²) in [6.07, 6.45) is 11.3. The number of halogens is 1. The lowest BCUT2D eigenvalue weighted by Crippen LogP contribution is -2.14. The lowest BCUT2D eigenvalue weighted by molar-refractivity contribution is 0.0514. The Morgan fingerprint density at radius 1 is 1.27 bits per heavy atom. The Morgan fingerprint density at radius 2 is 2.00 bits per heavy atom. The average molecular weight is 309 g/mol. The zero-order valence-electron chi connectivity index (χ0n) is 13.8. The second-order valence-corrected chi connectivity index (χ2v) is 6.37. The lowest BCUT2D eigenvalue weighted by atomic mass is 9.77. The number of hydrogen-bond acceptors (Lipinski definition) is 2. The summed E-state index contributed by atoms with van der Waals surface area (Å²) in [5, 5.41) is 0. The highest BCUT2D eigenvalue weighted by atomic mass is 19.1. The number of unbranched alkanes of at least 4 members (excludes halogenated alkanes) is 2. The van der Waals surface area contributed by atoms with Gasteiger partial charge in [0.2, 0.25) is 0 Å². The third-order valence-corrected chi connectivity index (χ3v) is 4.83. The summed E-state index contributed by atoms with van der Waals surface area (Å²) in [4.78, 5) is 14.4. The van der Waals surface area contributed by atoms with E-state index in [9.17, 15) is 9.18 Å². The molecule has 3 nitrogen and oxygen atoms in total. The van der Waals surface area contributed by atoms with Crippen LogP contribution in [0.15, 0.2) is 6.20 Å². The fourth-order valence-electron chi connectivity index (χ4n) is 3.51. The zero-order valence-corrected chi connectivity index (χ0v) is 13.8. The second-order valence-electron chi connectivity index (χ2n) is 6.37. The van der Waals surface area contributed by atoms with Gasteiger partial charge in [-0.3, -0.25) is 0 Å². The van der Waals surface area contributed by atoms with Crippen molar-refractivity contribution in [2.24, 2.45) is 5.92 Å². The first-order valence-electron chi connectivity index (χ1n) is 8.71. The van der Waals surface area contributed by atoms with Gasteiger partial charge in [-0.2, -0.15) is 0 Å². The van der Waals surface area contributed by atoms with Gasteiger partial charge in [0.15, 0.2) is 11.5 Å². The van der Waals surface area contributed by atoms with Crippen LogP contribution in [0.1, 0.15) is 87.2 Å². The molecule has 0 spiro atoms. The van der Waals surface area contributed by atoms with Gasteiger partial charge in [-0.1, -0.05) is 32.6 Å². The van der Waals surface area contributed by atoms with Gasteiger partial charge in [0.05, 0.1) is 6.61 Å². The number of rotatable bonds is 7. The van der Waals surface area contributed by atoms with E-state index in [1.54, 1.807) is 13.1 Å². The Bertz CT molecular complexity index is 475. The molecular weight excluding hydrogens is 281 g/mol. The number of aromatic nitrogens is 1. The summed E-state index contributed by atoms with van der Waals surface area (Å²) in [5.74, 6) is 0.0311. The molecule has 0 atom stereocenters. The Labute approximate surface area is 132 Å². The molecule has 1 aromatic heterocycles. The molecule has 0 radical (unpaired) electrons. The first-order valence-corrected chi connectivity index (χ1v) is 8.71. The van der Waals surface area contributed by atoms with Crippen LogP contribution in [0.25, 0.3) is 0 Å². The first kappa shape index (κ1) is 17.0. The minimum Gasteiger partial charge on any atom is -0.461 e. The standard InChI is InChI=1S/C18H28FNO2/c1-3-5-6-7-13-8-10-14(11-9-13)15-12-20-17(16(15)19)18(21)22-4-2/h12-14,20H,3-11H2,1-2H3/t13-,14-.